The summed E-state index contributed by atoms with van der Waals surface area (Å²) < 4.78 is 0. The predicted octanol–water partition coefficient (Wildman–Crippen LogP) is 3.06. The molecule has 0 unspecified atom stereocenters. The van der Waals surface area contributed by atoms with E-state index in [0.717, 1.165) is 43.2 Å². The van der Waals surface area contributed by atoms with Crippen molar-refractivity contribution in [3.63, 3.8) is 0 Å². The van der Waals surface area contributed by atoms with Crippen LogP contribution in [0.15, 0.2) is 42.6 Å². The highest BCUT2D eigenvalue weighted by Gasteiger charge is 2.15. The quantitative estimate of drug-likeness (QED) is 0.892. The van der Waals surface area contributed by atoms with Crippen molar-refractivity contribution in [2.75, 3.05) is 43.4 Å². The summed E-state index contributed by atoms with van der Waals surface area (Å²) in [5.74, 6) is 0.955. The monoisotopic (exact) mass is 358 g/mol. The van der Waals surface area contributed by atoms with Crippen LogP contribution in [0.3, 0.4) is 0 Å². The predicted molar refractivity (Wildman–Crippen MR) is 102 cm³/mol. The first-order valence-electron chi connectivity index (χ1n) is 8.54. The number of pyridine rings is 1. The van der Waals surface area contributed by atoms with E-state index in [1.165, 1.54) is 0 Å². The first-order valence-corrected chi connectivity index (χ1v) is 8.92. The molecule has 1 fully saturated rings. The maximum Gasteiger partial charge on any atom is 0.224 e. The smallest absolute Gasteiger partial charge is 0.224 e. The number of carbonyl (C=O) groups excluding carboxylic acids is 1. The van der Waals surface area contributed by atoms with Crippen molar-refractivity contribution in [2.45, 2.75) is 12.8 Å². The summed E-state index contributed by atoms with van der Waals surface area (Å²) >= 11 is 5.87. The van der Waals surface area contributed by atoms with E-state index in [9.17, 15) is 4.79 Å². The number of carbonyl (C=O) groups is 1. The van der Waals surface area contributed by atoms with E-state index in [4.69, 9.17) is 11.6 Å². The highest BCUT2D eigenvalue weighted by Crippen LogP contribution is 2.16. The molecule has 6 heteroatoms. The molecule has 1 N–H and O–H groups in total. The van der Waals surface area contributed by atoms with E-state index < -0.39 is 0 Å². The van der Waals surface area contributed by atoms with Gasteiger partial charge in [0.2, 0.25) is 5.91 Å². The molecule has 0 bridgehead atoms. The standard InChI is InChI=1S/C19H23ClN4O/c1-23-10-12-24(13-11-23)18-8-7-17(14-21-18)22-19(25)9-4-15-2-5-16(20)6-3-15/h2-3,5-8,14H,4,9-13H2,1H3,(H,22,25). The number of hydrogen-bond donors (Lipinski definition) is 1. The zero-order valence-corrected chi connectivity index (χ0v) is 15.2. The summed E-state index contributed by atoms with van der Waals surface area (Å²) in [4.78, 5) is 21.2. The normalized spacial score (nSPS) is 15.2. The Morgan fingerprint density at radius 2 is 1.84 bits per heavy atom. The number of halogens is 1. The van der Waals surface area contributed by atoms with Crippen LogP contribution in [-0.4, -0.2) is 49.0 Å². The van der Waals surface area contributed by atoms with Crippen molar-refractivity contribution in [1.29, 1.82) is 0 Å². The Hall–Kier alpha value is -2.11. The molecule has 0 aliphatic carbocycles. The number of aryl methyl sites for hydroxylation is 1. The SMILES string of the molecule is CN1CCN(c2ccc(NC(=O)CCc3ccc(Cl)cc3)cn2)CC1. The highest BCUT2D eigenvalue weighted by molar-refractivity contribution is 6.30. The van der Waals surface area contributed by atoms with Gasteiger partial charge in [-0.1, -0.05) is 23.7 Å². The van der Waals surface area contributed by atoms with Gasteiger partial charge in [0.1, 0.15) is 5.82 Å². The van der Waals surface area contributed by atoms with Crippen LogP contribution in [0.5, 0.6) is 0 Å². The maximum atomic E-state index is 12.1. The molecule has 0 spiro atoms. The van der Waals surface area contributed by atoms with Crippen molar-refractivity contribution in [1.82, 2.24) is 9.88 Å². The molecule has 0 radical (unpaired) electrons. The number of rotatable bonds is 5. The van der Waals surface area contributed by atoms with Gasteiger partial charge in [0, 0.05) is 37.6 Å². The van der Waals surface area contributed by atoms with E-state index in [2.05, 4.69) is 27.1 Å². The van der Waals surface area contributed by atoms with Gasteiger partial charge < -0.3 is 15.1 Å². The Bertz CT molecular complexity index is 694. The Kier molecular flexibility index (Phi) is 5.89. The molecule has 1 aromatic heterocycles. The number of benzene rings is 1. The molecule has 2 aromatic rings. The van der Waals surface area contributed by atoms with Crippen LogP contribution < -0.4 is 10.2 Å². The summed E-state index contributed by atoms with van der Waals surface area (Å²) in [7, 11) is 2.13. The topological polar surface area (TPSA) is 48.5 Å². The van der Waals surface area contributed by atoms with Crippen LogP contribution in [0.4, 0.5) is 11.5 Å². The third-order valence-corrected chi connectivity index (χ3v) is 4.66. The van der Waals surface area contributed by atoms with Gasteiger partial charge >= 0.3 is 0 Å². The highest BCUT2D eigenvalue weighted by atomic mass is 35.5. The molecule has 1 aromatic carbocycles. The van der Waals surface area contributed by atoms with Gasteiger partial charge in [0.25, 0.3) is 0 Å². The second-order valence-electron chi connectivity index (χ2n) is 6.37. The second-order valence-corrected chi connectivity index (χ2v) is 6.81. The first-order chi connectivity index (χ1) is 12.1. The van der Waals surface area contributed by atoms with Gasteiger partial charge in [-0.15, -0.1) is 0 Å². The van der Waals surface area contributed by atoms with Crippen molar-refractivity contribution >= 4 is 29.0 Å². The molecular weight excluding hydrogens is 336 g/mol. The summed E-state index contributed by atoms with van der Waals surface area (Å²) in [5, 5.41) is 3.61. The summed E-state index contributed by atoms with van der Waals surface area (Å²) in [5.41, 5.74) is 1.84. The molecule has 0 saturated carbocycles. The van der Waals surface area contributed by atoms with Crippen LogP contribution in [-0.2, 0) is 11.2 Å². The van der Waals surface area contributed by atoms with E-state index in [0.29, 0.717) is 17.9 Å². The van der Waals surface area contributed by atoms with Crippen LogP contribution in [0.2, 0.25) is 5.02 Å². The molecule has 1 aliphatic rings. The van der Waals surface area contributed by atoms with Crippen LogP contribution in [0, 0.1) is 0 Å². The number of aromatic nitrogens is 1. The van der Waals surface area contributed by atoms with Crippen molar-refractivity contribution in [2.24, 2.45) is 0 Å². The summed E-state index contributed by atoms with van der Waals surface area (Å²) in [6.45, 7) is 4.06. The van der Waals surface area contributed by atoms with E-state index in [-0.39, 0.29) is 5.91 Å². The summed E-state index contributed by atoms with van der Waals surface area (Å²) in [6, 6.07) is 11.5. The lowest BCUT2D eigenvalue weighted by atomic mass is 10.1. The van der Waals surface area contributed by atoms with E-state index >= 15 is 0 Å². The molecule has 1 saturated heterocycles. The van der Waals surface area contributed by atoms with Gasteiger partial charge in [-0.05, 0) is 43.3 Å². The minimum absolute atomic E-state index is 0.0101. The van der Waals surface area contributed by atoms with Crippen LogP contribution in [0.1, 0.15) is 12.0 Å². The van der Waals surface area contributed by atoms with Crippen LogP contribution in [0.25, 0.3) is 0 Å². The number of nitrogens with zero attached hydrogens (tertiary/aromatic N) is 3. The Balaban J connectivity index is 1.49. The van der Waals surface area contributed by atoms with Crippen molar-refractivity contribution in [3.8, 4) is 0 Å². The zero-order valence-electron chi connectivity index (χ0n) is 14.4. The molecular formula is C19H23ClN4O. The fraction of sp³-hybridized carbons (Fsp3) is 0.368. The van der Waals surface area contributed by atoms with Gasteiger partial charge in [0.15, 0.2) is 0 Å². The Morgan fingerprint density at radius 1 is 1.12 bits per heavy atom. The molecule has 5 nitrogen and oxygen atoms in total. The van der Waals surface area contributed by atoms with Crippen molar-refractivity contribution in [3.05, 3.63) is 53.2 Å². The number of amides is 1. The average molecular weight is 359 g/mol. The average Bonchev–Trinajstić information content (AvgIpc) is 2.63. The number of hydrogen-bond acceptors (Lipinski definition) is 4. The van der Waals surface area contributed by atoms with E-state index in [1.54, 1.807) is 6.20 Å². The number of piperazine rings is 1. The van der Waals surface area contributed by atoms with Gasteiger partial charge in [-0.3, -0.25) is 4.79 Å². The summed E-state index contributed by atoms with van der Waals surface area (Å²) in [6.07, 6.45) is 2.85. The minimum atomic E-state index is -0.0101. The third-order valence-electron chi connectivity index (χ3n) is 4.41. The molecule has 132 valence electrons. The van der Waals surface area contributed by atoms with Gasteiger partial charge in [-0.2, -0.15) is 0 Å². The van der Waals surface area contributed by atoms with E-state index in [1.807, 2.05) is 36.4 Å². The molecule has 2 heterocycles. The van der Waals surface area contributed by atoms with Gasteiger partial charge in [0.05, 0.1) is 11.9 Å². The first kappa shape index (κ1) is 17.7. The van der Waals surface area contributed by atoms with Crippen molar-refractivity contribution < 1.29 is 4.79 Å². The molecule has 3 rings (SSSR count). The third kappa shape index (κ3) is 5.18. The molecule has 25 heavy (non-hydrogen) atoms. The maximum absolute atomic E-state index is 12.1. The lowest BCUT2D eigenvalue weighted by molar-refractivity contribution is -0.116. The molecule has 0 atom stereocenters. The zero-order chi connectivity index (χ0) is 17.6. The number of nitrogens with one attached hydrogen (secondary N) is 1. The molecule has 1 amide bonds. The number of likely N-dealkylation sites (N-methyl/N-ethyl adjacent to an activating group) is 1. The Morgan fingerprint density at radius 3 is 2.48 bits per heavy atom. The second kappa shape index (κ2) is 8.32. The minimum Gasteiger partial charge on any atom is -0.354 e. The van der Waals surface area contributed by atoms with Gasteiger partial charge in [-0.25, -0.2) is 4.98 Å². The van der Waals surface area contributed by atoms with Crippen LogP contribution >= 0.6 is 11.6 Å². The largest absolute Gasteiger partial charge is 0.354 e. The Labute approximate surface area is 153 Å². The lowest BCUT2D eigenvalue weighted by Gasteiger charge is -2.33. The fourth-order valence-corrected chi connectivity index (χ4v) is 2.94. The fourth-order valence-electron chi connectivity index (χ4n) is 2.82. The lowest BCUT2D eigenvalue weighted by Crippen LogP contribution is -2.44. The number of anilines is 2. The molecule has 1 aliphatic heterocycles.